The number of aliphatic hydroxyl groups is 2. The van der Waals surface area contributed by atoms with Gasteiger partial charge in [0.2, 0.25) is 0 Å². The molecule has 9 heteroatoms. The SMILES string of the molecule is O.O.O=C([O-])CO.O=C([O-])CO.[Ti+2]. The van der Waals surface area contributed by atoms with E-state index in [0.717, 1.165) is 0 Å². The maximum Gasteiger partial charge on any atom is 2.00 e. The van der Waals surface area contributed by atoms with Gasteiger partial charge < -0.3 is 41.0 Å². The van der Waals surface area contributed by atoms with E-state index < -0.39 is 25.2 Å². The second kappa shape index (κ2) is 22.5. The summed E-state index contributed by atoms with van der Waals surface area (Å²) in [7, 11) is 0. The minimum atomic E-state index is -1.44. The first kappa shape index (κ1) is 29.4. The molecular weight excluding hydrogens is 224 g/mol. The number of carbonyl (C=O) groups excluding carboxylic acids is 2. The number of aliphatic hydroxyl groups excluding tert-OH is 2. The van der Waals surface area contributed by atoms with Gasteiger partial charge in [-0.1, -0.05) is 0 Å². The molecule has 0 aromatic carbocycles. The summed E-state index contributed by atoms with van der Waals surface area (Å²) in [6, 6.07) is 0. The third-order valence-electron chi connectivity index (χ3n) is 0.258. The van der Waals surface area contributed by atoms with E-state index in [1.54, 1.807) is 0 Å². The average Bonchev–Trinajstić information content (AvgIpc) is 1.89. The van der Waals surface area contributed by atoms with Crippen molar-refractivity contribution in [1.82, 2.24) is 0 Å². The summed E-state index contributed by atoms with van der Waals surface area (Å²) in [5.74, 6) is -2.88. The summed E-state index contributed by atoms with van der Waals surface area (Å²) >= 11 is 0. The largest absolute Gasteiger partial charge is 2.00 e. The molecule has 0 atom stereocenters. The molecule has 0 radical (unpaired) electrons. The van der Waals surface area contributed by atoms with E-state index in [-0.39, 0.29) is 32.7 Å². The molecule has 0 rings (SSSR count). The number of rotatable bonds is 2. The Bertz CT molecular complexity index is 101. The van der Waals surface area contributed by atoms with Gasteiger partial charge in [0, 0.05) is 0 Å². The van der Waals surface area contributed by atoms with Gasteiger partial charge in [-0.05, 0) is 0 Å². The Hall–Kier alpha value is -0.506. The number of carbonyl (C=O) groups is 2. The van der Waals surface area contributed by atoms with Crippen LogP contribution in [0.5, 0.6) is 0 Å². The van der Waals surface area contributed by atoms with Gasteiger partial charge in [0.1, 0.15) is 0 Å². The average molecular weight is 234 g/mol. The fourth-order valence-corrected chi connectivity index (χ4v) is 0. The molecule has 0 fully saturated rings. The van der Waals surface area contributed by atoms with Crippen molar-refractivity contribution in [1.29, 1.82) is 0 Å². The maximum absolute atomic E-state index is 9.01. The van der Waals surface area contributed by atoms with Gasteiger partial charge in [-0.3, -0.25) is 0 Å². The molecule has 0 aliphatic rings. The normalized spacial score (nSPS) is 5.69. The van der Waals surface area contributed by atoms with E-state index in [0.29, 0.717) is 0 Å². The molecule has 0 saturated heterocycles. The first-order valence-electron chi connectivity index (χ1n) is 2.16. The molecular formula is C4H10O8Ti. The predicted molar refractivity (Wildman–Crippen MR) is 31.4 cm³/mol. The van der Waals surface area contributed by atoms with Crippen LogP contribution in [-0.4, -0.2) is 46.3 Å². The van der Waals surface area contributed by atoms with Gasteiger partial charge in [-0.15, -0.1) is 0 Å². The Balaban J connectivity index is -0.0000000267. The van der Waals surface area contributed by atoms with Crippen molar-refractivity contribution in [2.75, 3.05) is 13.2 Å². The second-order valence-electron chi connectivity index (χ2n) is 1.06. The number of hydrogen-bond acceptors (Lipinski definition) is 6. The van der Waals surface area contributed by atoms with E-state index in [4.69, 9.17) is 30.0 Å². The fourth-order valence-electron chi connectivity index (χ4n) is 0. The Kier molecular flexibility index (Phi) is 51.0. The van der Waals surface area contributed by atoms with Crippen LogP contribution in [0, 0.1) is 0 Å². The van der Waals surface area contributed by atoms with Gasteiger partial charge in [0.25, 0.3) is 0 Å². The molecule has 0 unspecified atom stereocenters. The van der Waals surface area contributed by atoms with Crippen LogP contribution in [0.4, 0.5) is 0 Å². The zero-order valence-electron chi connectivity index (χ0n) is 6.44. The van der Waals surface area contributed by atoms with Crippen LogP contribution >= 0.6 is 0 Å². The van der Waals surface area contributed by atoms with E-state index in [9.17, 15) is 0 Å². The minimum absolute atomic E-state index is 0. The Morgan fingerprint density at radius 2 is 1.00 bits per heavy atom. The molecule has 78 valence electrons. The number of hydrogen-bond donors (Lipinski definition) is 2. The van der Waals surface area contributed by atoms with Crippen molar-refractivity contribution >= 4 is 11.9 Å². The van der Waals surface area contributed by atoms with Crippen molar-refractivity contribution in [2.45, 2.75) is 0 Å². The molecule has 0 aliphatic heterocycles. The van der Waals surface area contributed by atoms with E-state index >= 15 is 0 Å². The number of carboxylic acid groups (broad SMARTS) is 2. The van der Waals surface area contributed by atoms with Crippen molar-refractivity contribution in [2.24, 2.45) is 0 Å². The van der Waals surface area contributed by atoms with Crippen LogP contribution in [0.3, 0.4) is 0 Å². The summed E-state index contributed by atoms with van der Waals surface area (Å²) in [5.41, 5.74) is 0. The topological polar surface area (TPSA) is 184 Å². The Morgan fingerprint density at radius 3 is 1.00 bits per heavy atom. The van der Waals surface area contributed by atoms with Crippen molar-refractivity contribution in [3.8, 4) is 0 Å². The summed E-state index contributed by atoms with van der Waals surface area (Å²) < 4.78 is 0. The summed E-state index contributed by atoms with van der Waals surface area (Å²) in [6.07, 6.45) is 0. The van der Waals surface area contributed by atoms with Crippen LogP contribution in [0.25, 0.3) is 0 Å². The van der Waals surface area contributed by atoms with E-state index in [1.165, 1.54) is 0 Å². The molecule has 0 heterocycles. The fraction of sp³-hybridized carbons (Fsp3) is 0.500. The van der Waals surface area contributed by atoms with Crippen LogP contribution in [0.15, 0.2) is 0 Å². The zero-order valence-corrected chi connectivity index (χ0v) is 8.00. The van der Waals surface area contributed by atoms with Crippen molar-refractivity contribution in [3.05, 3.63) is 0 Å². The van der Waals surface area contributed by atoms with E-state index in [1.807, 2.05) is 0 Å². The van der Waals surface area contributed by atoms with Crippen LogP contribution in [0.2, 0.25) is 0 Å². The first-order valence-corrected chi connectivity index (χ1v) is 2.16. The summed E-state index contributed by atoms with van der Waals surface area (Å²) in [6.45, 7) is -1.78. The quantitative estimate of drug-likeness (QED) is 0.447. The maximum atomic E-state index is 9.01. The first-order chi connectivity index (χ1) is 4.54. The molecule has 0 aromatic heterocycles. The van der Waals surface area contributed by atoms with Crippen LogP contribution in [-0.2, 0) is 31.3 Å². The molecule has 13 heavy (non-hydrogen) atoms. The van der Waals surface area contributed by atoms with Crippen molar-refractivity contribution in [3.63, 3.8) is 0 Å². The number of carboxylic acids is 2. The second-order valence-corrected chi connectivity index (χ2v) is 1.06. The third kappa shape index (κ3) is 84.9. The molecule has 0 bridgehead atoms. The van der Waals surface area contributed by atoms with Gasteiger partial charge in [-0.25, -0.2) is 0 Å². The third-order valence-corrected chi connectivity index (χ3v) is 0.258. The molecule has 6 N–H and O–H groups in total. The zero-order chi connectivity index (χ0) is 8.57. The Labute approximate surface area is 88.3 Å². The van der Waals surface area contributed by atoms with Gasteiger partial charge in [-0.2, -0.15) is 0 Å². The molecule has 0 aliphatic carbocycles. The molecule has 8 nitrogen and oxygen atoms in total. The smallest absolute Gasteiger partial charge is 0.548 e. The summed E-state index contributed by atoms with van der Waals surface area (Å²) in [5, 5.41) is 33.0. The van der Waals surface area contributed by atoms with Crippen LogP contribution < -0.4 is 10.2 Å². The molecule has 0 amide bonds. The van der Waals surface area contributed by atoms with E-state index in [2.05, 4.69) is 0 Å². The van der Waals surface area contributed by atoms with Gasteiger partial charge in [0.05, 0.1) is 25.2 Å². The summed E-state index contributed by atoms with van der Waals surface area (Å²) in [4.78, 5) is 18.0. The predicted octanol–water partition coefficient (Wildman–Crippen LogP) is -6.19. The molecule has 0 spiro atoms. The van der Waals surface area contributed by atoms with Gasteiger partial charge in [0.15, 0.2) is 0 Å². The molecule has 0 saturated carbocycles. The number of aliphatic carboxylic acids is 2. The van der Waals surface area contributed by atoms with Crippen LogP contribution in [0.1, 0.15) is 0 Å². The van der Waals surface area contributed by atoms with Gasteiger partial charge >= 0.3 is 21.7 Å². The minimum Gasteiger partial charge on any atom is -0.548 e. The standard InChI is InChI=1S/2C2H4O3.2H2O.Ti/c2*3-1-2(4)5;;;/h2*3H,1H2,(H,4,5);2*1H2;/q;;;;+2/p-2. The molecule has 0 aromatic rings. The Morgan fingerprint density at radius 1 is 0.923 bits per heavy atom. The van der Waals surface area contributed by atoms with Crippen molar-refractivity contribution < 1.29 is 62.7 Å². The monoisotopic (exact) mass is 234 g/mol.